The van der Waals surface area contributed by atoms with Gasteiger partial charge in [-0.15, -0.1) is 11.3 Å². The molecule has 1 heterocycles. The summed E-state index contributed by atoms with van der Waals surface area (Å²) in [5.74, 6) is 0.355. The van der Waals surface area contributed by atoms with Crippen molar-refractivity contribution in [3.63, 3.8) is 0 Å². The quantitative estimate of drug-likeness (QED) is 0.775. The van der Waals surface area contributed by atoms with Crippen LogP contribution in [-0.2, 0) is 16.6 Å². The van der Waals surface area contributed by atoms with Gasteiger partial charge in [-0.3, -0.25) is 0 Å². The largest absolute Gasteiger partial charge is 0.310 e. The lowest BCUT2D eigenvalue weighted by Crippen LogP contribution is -2.27. The Hall–Kier alpha value is -0.430. The van der Waals surface area contributed by atoms with E-state index < -0.39 is 10.0 Å². The van der Waals surface area contributed by atoms with Crippen molar-refractivity contribution >= 4 is 21.4 Å². The number of hydrogen-bond acceptors (Lipinski definition) is 4. The number of hydrogen-bond donors (Lipinski definition) is 2. The van der Waals surface area contributed by atoms with Crippen LogP contribution < -0.4 is 10.0 Å². The summed E-state index contributed by atoms with van der Waals surface area (Å²) in [5.41, 5.74) is 1.03. The molecule has 1 rings (SSSR count). The zero-order valence-electron chi connectivity index (χ0n) is 13.0. The molecule has 20 heavy (non-hydrogen) atoms. The Morgan fingerprint density at radius 2 is 1.95 bits per heavy atom. The van der Waals surface area contributed by atoms with E-state index in [0.717, 1.165) is 23.4 Å². The Bertz CT molecular complexity index is 521. The van der Waals surface area contributed by atoms with Crippen LogP contribution in [0.25, 0.3) is 0 Å². The van der Waals surface area contributed by atoms with Crippen LogP contribution in [0.1, 0.15) is 44.6 Å². The Balaban J connectivity index is 2.78. The molecular weight excluding hydrogens is 292 g/mol. The van der Waals surface area contributed by atoms with Gasteiger partial charge in [0.05, 0.1) is 0 Å². The van der Waals surface area contributed by atoms with E-state index in [1.54, 1.807) is 6.07 Å². The fourth-order valence-corrected chi connectivity index (χ4v) is 4.31. The minimum absolute atomic E-state index is 0.355. The summed E-state index contributed by atoms with van der Waals surface area (Å²) in [6.45, 7) is 11.4. The molecular formula is C14H26N2O2S2. The molecule has 0 spiro atoms. The number of thiophene rings is 1. The van der Waals surface area contributed by atoms with Gasteiger partial charge in [-0.25, -0.2) is 13.1 Å². The molecule has 0 aliphatic rings. The second-order valence-corrected chi connectivity index (χ2v) is 8.70. The lowest BCUT2D eigenvalue weighted by Gasteiger charge is -2.09. The molecule has 1 aromatic rings. The van der Waals surface area contributed by atoms with E-state index in [2.05, 4.69) is 30.8 Å². The highest BCUT2D eigenvalue weighted by Crippen LogP contribution is 2.26. The van der Waals surface area contributed by atoms with Crippen molar-refractivity contribution in [2.75, 3.05) is 6.54 Å². The molecule has 0 aromatic carbocycles. The van der Waals surface area contributed by atoms with Crippen LogP contribution in [0.4, 0.5) is 0 Å². The smallest absolute Gasteiger partial charge is 0.250 e. The van der Waals surface area contributed by atoms with Crippen molar-refractivity contribution in [1.82, 2.24) is 10.0 Å². The number of sulfonamides is 1. The van der Waals surface area contributed by atoms with Gasteiger partial charge in [0, 0.05) is 24.0 Å². The molecule has 4 nitrogen and oxygen atoms in total. The zero-order valence-corrected chi connectivity index (χ0v) is 14.6. The fourth-order valence-electron chi connectivity index (χ4n) is 1.56. The maximum atomic E-state index is 12.2. The van der Waals surface area contributed by atoms with Crippen molar-refractivity contribution in [1.29, 1.82) is 0 Å². The summed E-state index contributed by atoms with van der Waals surface area (Å²) >= 11 is 1.35. The van der Waals surface area contributed by atoms with Gasteiger partial charge in [-0.05, 0) is 24.5 Å². The first kappa shape index (κ1) is 17.6. The lowest BCUT2D eigenvalue weighted by molar-refractivity contribution is 0.529. The van der Waals surface area contributed by atoms with Gasteiger partial charge in [0.15, 0.2) is 0 Å². The topological polar surface area (TPSA) is 58.2 Å². The van der Waals surface area contributed by atoms with E-state index in [-0.39, 0.29) is 0 Å². The lowest BCUT2D eigenvalue weighted by atomic mass is 10.1. The van der Waals surface area contributed by atoms with Crippen LogP contribution in [-0.4, -0.2) is 21.0 Å². The molecule has 0 saturated carbocycles. The molecule has 0 bridgehead atoms. The highest BCUT2D eigenvalue weighted by molar-refractivity contribution is 7.91. The van der Waals surface area contributed by atoms with E-state index in [4.69, 9.17) is 0 Å². The van der Waals surface area contributed by atoms with E-state index in [1.165, 1.54) is 11.3 Å². The molecule has 1 atom stereocenters. The van der Waals surface area contributed by atoms with Crippen LogP contribution >= 0.6 is 11.3 Å². The monoisotopic (exact) mass is 318 g/mol. The van der Waals surface area contributed by atoms with E-state index in [9.17, 15) is 8.42 Å². The van der Waals surface area contributed by atoms with Crippen molar-refractivity contribution < 1.29 is 8.42 Å². The first-order chi connectivity index (χ1) is 9.26. The van der Waals surface area contributed by atoms with Crippen molar-refractivity contribution in [3.05, 3.63) is 16.5 Å². The Morgan fingerprint density at radius 1 is 1.30 bits per heavy atom. The molecule has 1 unspecified atom stereocenters. The average Bonchev–Trinajstić information content (AvgIpc) is 2.75. The van der Waals surface area contributed by atoms with Gasteiger partial charge >= 0.3 is 0 Å². The molecule has 116 valence electrons. The molecule has 0 radical (unpaired) electrons. The summed E-state index contributed by atoms with van der Waals surface area (Å²) in [4.78, 5) is 1.09. The summed E-state index contributed by atoms with van der Waals surface area (Å²) in [7, 11) is -3.36. The second-order valence-electron chi connectivity index (χ2n) is 5.57. The Kier molecular flexibility index (Phi) is 6.64. The van der Waals surface area contributed by atoms with Crippen molar-refractivity contribution in [2.45, 2.75) is 57.8 Å². The van der Waals surface area contributed by atoms with Gasteiger partial charge in [-0.1, -0.05) is 34.1 Å². The first-order valence-corrected chi connectivity index (χ1v) is 9.38. The third kappa shape index (κ3) is 5.16. The first-order valence-electron chi connectivity index (χ1n) is 7.08. The molecule has 0 saturated heterocycles. The molecule has 6 heteroatoms. The summed E-state index contributed by atoms with van der Waals surface area (Å²) in [5, 5.41) is 3.32. The Morgan fingerprint density at radius 3 is 2.50 bits per heavy atom. The third-order valence-electron chi connectivity index (χ3n) is 3.25. The molecule has 0 fully saturated rings. The molecule has 0 aliphatic carbocycles. The molecule has 0 aliphatic heterocycles. The van der Waals surface area contributed by atoms with Crippen LogP contribution in [0.15, 0.2) is 10.3 Å². The summed E-state index contributed by atoms with van der Waals surface area (Å²) in [6, 6.07) is 2.15. The Labute approximate surface area is 127 Å². The van der Waals surface area contributed by atoms with Gasteiger partial charge in [0.2, 0.25) is 10.0 Å². The van der Waals surface area contributed by atoms with E-state index in [1.807, 2.05) is 13.8 Å². The number of rotatable bonds is 8. The summed E-state index contributed by atoms with van der Waals surface area (Å²) in [6.07, 6.45) is 0.968. The molecule has 0 amide bonds. The highest BCUT2D eigenvalue weighted by Gasteiger charge is 2.19. The minimum Gasteiger partial charge on any atom is -0.310 e. The normalized spacial score (nSPS) is 13.9. The predicted molar refractivity (Wildman–Crippen MR) is 85.7 cm³/mol. The van der Waals surface area contributed by atoms with Crippen LogP contribution in [0.5, 0.6) is 0 Å². The SMILES string of the molecule is CCC(C)CNS(=O)(=O)c1cc(C)c(CNC(C)C)s1. The van der Waals surface area contributed by atoms with E-state index in [0.29, 0.717) is 22.7 Å². The maximum absolute atomic E-state index is 12.2. The minimum atomic E-state index is -3.36. The van der Waals surface area contributed by atoms with Crippen LogP contribution in [0, 0.1) is 12.8 Å². The van der Waals surface area contributed by atoms with Crippen LogP contribution in [0.2, 0.25) is 0 Å². The van der Waals surface area contributed by atoms with Gasteiger partial charge in [-0.2, -0.15) is 0 Å². The zero-order chi connectivity index (χ0) is 15.3. The molecule has 2 N–H and O–H groups in total. The van der Waals surface area contributed by atoms with Gasteiger partial charge in [0.1, 0.15) is 4.21 Å². The van der Waals surface area contributed by atoms with Crippen molar-refractivity contribution in [2.24, 2.45) is 5.92 Å². The molecule has 1 aromatic heterocycles. The summed E-state index contributed by atoms with van der Waals surface area (Å²) < 4.78 is 27.6. The van der Waals surface area contributed by atoms with Crippen LogP contribution in [0.3, 0.4) is 0 Å². The predicted octanol–water partition coefficient (Wildman–Crippen LogP) is 2.88. The van der Waals surface area contributed by atoms with E-state index >= 15 is 0 Å². The number of aryl methyl sites for hydroxylation is 1. The van der Waals surface area contributed by atoms with Gasteiger partial charge < -0.3 is 5.32 Å². The highest BCUT2D eigenvalue weighted by atomic mass is 32.2. The average molecular weight is 319 g/mol. The standard InChI is InChI=1S/C14H26N2O2S2/c1-6-11(4)8-16-20(17,18)14-7-12(5)13(19-14)9-15-10(2)3/h7,10-11,15-16H,6,8-9H2,1-5H3. The number of nitrogens with one attached hydrogen (secondary N) is 2. The van der Waals surface area contributed by atoms with Crippen molar-refractivity contribution in [3.8, 4) is 0 Å². The fraction of sp³-hybridized carbons (Fsp3) is 0.714. The van der Waals surface area contributed by atoms with Gasteiger partial charge in [0.25, 0.3) is 0 Å². The second kappa shape index (κ2) is 7.54. The maximum Gasteiger partial charge on any atom is 0.250 e. The third-order valence-corrected chi connectivity index (χ3v) is 6.39.